The zero-order chi connectivity index (χ0) is 59.5. The molecule has 6 aromatic carbocycles. The van der Waals surface area contributed by atoms with Gasteiger partial charge in [0.2, 0.25) is 0 Å². The van der Waals surface area contributed by atoms with E-state index < -0.39 is 17.3 Å². The lowest BCUT2D eigenvalue weighted by Gasteiger charge is -2.22. The summed E-state index contributed by atoms with van der Waals surface area (Å²) in [4.78, 5) is 34.7. The number of ketones is 1. The Hall–Kier alpha value is -5.19. The van der Waals surface area contributed by atoms with Gasteiger partial charge in [-0.3, -0.25) is 4.79 Å². The number of amides is 2. The summed E-state index contributed by atoms with van der Waals surface area (Å²) in [5, 5.41) is 26.6. The number of hydrogen-bond donors (Lipinski definition) is 5. The Kier molecular flexibility index (Phi) is 22.8. The van der Waals surface area contributed by atoms with E-state index in [9.17, 15) is 14.4 Å². The van der Waals surface area contributed by atoms with Crippen molar-refractivity contribution in [2.75, 3.05) is 0 Å². The van der Waals surface area contributed by atoms with Crippen molar-refractivity contribution < 1.29 is 29.1 Å². The van der Waals surface area contributed by atoms with Crippen molar-refractivity contribution in [3.8, 4) is 6.07 Å². The number of nitriles is 1. The predicted octanol–water partition coefficient (Wildman–Crippen LogP) is 17.0. The zero-order valence-electron chi connectivity index (χ0n) is 47.1. The fourth-order valence-corrected chi connectivity index (χ4v) is 12.7. The highest BCUT2D eigenvalue weighted by atomic mass is 79.9. The molecule has 0 saturated carbocycles. The number of carbonyl (C=O) groups is 3. The number of nitrogens with one attached hydrogen (secondary N) is 2. The van der Waals surface area contributed by atoms with E-state index in [1.165, 1.54) is 44.5 Å². The molecule has 0 fully saturated rings. The molecule has 12 nitrogen and oxygen atoms in total. The number of nitrogens with two attached hydrogens (primary N) is 2. The molecule has 4 atom stereocenters. The van der Waals surface area contributed by atoms with E-state index in [0.717, 1.165) is 121 Å². The monoisotopic (exact) mass is 1430 g/mol. The van der Waals surface area contributed by atoms with Gasteiger partial charge in [0.1, 0.15) is 11.2 Å². The number of benzene rings is 6. The van der Waals surface area contributed by atoms with Gasteiger partial charge in [-0.1, -0.05) is 121 Å². The molecule has 6 aliphatic carbocycles. The first kappa shape index (κ1) is 64.4. The van der Waals surface area contributed by atoms with Crippen LogP contribution in [0.1, 0.15) is 181 Å². The Morgan fingerprint density at radius 2 is 0.878 bits per heavy atom. The molecule has 17 heteroatoms. The van der Waals surface area contributed by atoms with Crippen LogP contribution in [0.4, 0.5) is 9.59 Å². The van der Waals surface area contributed by atoms with Gasteiger partial charge < -0.3 is 36.8 Å². The summed E-state index contributed by atoms with van der Waals surface area (Å²) >= 11 is 17.1. The van der Waals surface area contributed by atoms with Gasteiger partial charge >= 0.3 is 12.2 Å². The Bertz CT molecular complexity index is 3310. The van der Waals surface area contributed by atoms with Gasteiger partial charge in [0.05, 0.1) is 29.4 Å². The Morgan fingerprint density at radius 3 is 1.33 bits per heavy atom. The van der Waals surface area contributed by atoms with Crippen LogP contribution in [-0.4, -0.2) is 40.1 Å². The number of fused-ring (bicyclic) bond motifs is 6. The van der Waals surface area contributed by atoms with E-state index >= 15 is 0 Å². The number of carbonyl (C=O) groups excluding carboxylic acids is 3. The van der Waals surface area contributed by atoms with Crippen LogP contribution in [0.2, 0.25) is 0 Å². The van der Waals surface area contributed by atoms with Gasteiger partial charge in [-0.05, 0) is 241 Å². The number of nitrogens with zero attached hydrogens (tertiary/aromatic N) is 2. The van der Waals surface area contributed by atoms with Crippen LogP contribution in [0.25, 0.3) is 0 Å². The SMILES string of the molecule is CC(C)(C)OC(=O)N[C@H]1CCc2cc(Br)ccc21.CC(C)(C)OC(=O)N[C@H]1CCc2cc(C#N)ccc21.NC1CCc2cc(Br)ccc21.N[C@H]1CCc2cc(Br)ccc21.O=C1CCc2cc(Br)ccc21.ON=C1CCc2cc(Br)ccc21. The third-order valence-electron chi connectivity index (χ3n) is 14.5. The molecular weight excluding hydrogens is 1360 g/mol. The quantitative estimate of drug-likeness (QED) is 0.0826. The molecular formula is C65H71Br5N6O6. The minimum Gasteiger partial charge on any atom is -0.444 e. The molecule has 12 rings (SSSR count). The van der Waals surface area contributed by atoms with E-state index in [1.54, 1.807) is 6.07 Å². The lowest BCUT2D eigenvalue weighted by molar-refractivity contribution is 0.0492. The minimum atomic E-state index is -0.490. The molecule has 0 bridgehead atoms. The summed E-state index contributed by atoms with van der Waals surface area (Å²) in [6.45, 7) is 11.1. The van der Waals surface area contributed by atoms with Crippen LogP contribution in [-0.2, 0) is 48.0 Å². The van der Waals surface area contributed by atoms with E-state index in [-0.39, 0.29) is 36.0 Å². The van der Waals surface area contributed by atoms with E-state index in [0.29, 0.717) is 12.0 Å². The van der Waals surface area contributed by atoms with Crippen molar-refractivity contribution in [3.63, 3.8) is 0 Å². The maximum absolute atomic E-state index is 11.8. The average Bonchev–Trinajstić information content (AvgIpc) is 4.51. The molecule has 0 spiro atoms. The predicted molar refractivity (Wildman–Crippen MR) is 343 cm³/mol. The number of ether oxygens (including phenoxy) is 2. The molecule has 82 heavy (non-hydrogen) atoms. The van der Waals surface area contributed by atoms with Gasteiger partial charge in [-0.25, -0.2) is 9.59 Å². The molecule has 6 aromatic rings. The number of alkyl carbamates (subject to hydrolysis) is 2. The normalized spacial score (nSPS) is 18.6. The molecule has 0 radical (unpaired) electrons. The maximum Gasteiger partial charge on any atom is 0.408 e. The van der Waals surface area contributed by atoms with E-state index in [4.69, 9.17) is 31.4 Å². The van der Waals surface area contributed by atoms with Crippen molar-refractivity contribution >= 4 is 103 Å². The molecule has 6 aliphatic rings. The standard InChI is InChI=1S/C15H18N2O2.C14H18BrNO2.C9H8BrNO.2C9H10BrN.C9H7BrO/c1-15(2,3)19-14(18)17-13-7-5-11-8-10(9-16)4-6-12(11)13;1-14(2,3)18-13(17)16-12-7-4-9-8-10(15)5-6-11(9)12;10-7-2-3-8-6(5-7)1-4-9(8)11-12;3*10-7-2-3-8-6(5-7)1-4-9(8)11/h4,6,8,13H,5,7H2,1-3H3,(H,17,18);5-6,8,12H,4,7H2,1-3H3,(H,16,17);2-3,5,12H,1,4H2;2*2-3,5,9H,1,4,11H2;2-3,5H,1,4H2/t13-;12-;;9-;;/m00.0../s1. The first-order chi connectivity index (χ1) is 38.9. The van der Waals surface area contributed by atoms with Crippen LogP contribution in [0, 0.1) is 11.3 Å². The second-order valence-corrected chi connectivity index (χ2v) is 27.5. The number of hydrogen-bond acceptors (Lipinski definition) is 10. The molecule has 0 aliphatic heterocycles. The smallest absolute Gasteiger partial charge is 0.408 e. The van der Waals surface area contributed by atoms with Gasteiger partial charge in [-0.15, -0.1) is 0 Å². The van der Waals surface area contributed by atoms with E-state index in [2.05, 4.69) is 156 Å². The number of aryl methyl sites for hydroxylation is 6. The number of rotatable bonds is 2. The molecule has 0 saturated heterocycles. The van der Waals surface area contributed by atoms with Crippen LogP contribution in [0.5, 0.6) is 0 Å². The molecule has 432 valence electrons. The van der Waals surface area contributed by atoms with Gasteiger partial charge in [0.15, 0.2) is 5.78 Å². The number of oxime groups is 1. The summed E-state index contributed by atoms with van der Waals surface area (Å²) in [5.41, 5.74) is 26.9. The van der Waals surface area contributed by atoms with Crippen molar-refractivity contribution in [2.24, 2.45) is 16.6 Å². The largest absolute Gasteiger partial charge is 0.444 e. The minimum absolute atomic E-state index is 0.0161. The first-order valence-electron chi connectivity index (χ1n) is 27.6. The summed E-state index contributed by atoms with van der Waals surface area (Å²) < 4.78 is 16.1. The summed E-state index contributed by atoms with van der Waals surface area (Å²) in [6, 6.07) is 39.1. The average molecular weight is 1430 g/mol. The third-order valence-corrected chi connectivity index (χ3v) is 17.0. The van der Waals surface area contributed by atoms with Crippen molar-refractivity contribution in [1.82, 2.24) is 10.6 Å². The Morgan fingerprint density at radius 1 is 0.512 bits per heavy atom. The van der Waals surface area contributed by atoms with Gasteiger partial charge in [0.25, 0.3) is 0 Å². The molecule has 2 amide bonds. The number of halogens is 5. The second kappa shape index (κ2) is 29.1. The molecule has 7 N–H and O–H groups in total. The Balaban J connectivity index is 0.000000144. The van der Waals surface area contributed by atoms with Gasteiger partial charge in [-0.2, -0.15) is 5.26 Å². The lowest BCUT2D eigenvalue weighted by atomic mass is 10.1. The molecule has 1 unspecified atom stereocenters. The van der Waals surface area contributed by atoms with Crippen molar-refractivity contribution in [1.29, 1.82) is 5.26 Å². The lowest BCUT2D eigenvalue weighted by Crippen LogP contribution is -2.34. The fraction of sp³-hybridized carbons (Fsp3) is 0.369. The summed E-state index contributed by atoms with van der Waals surface area (Å²) in [7, 11) is 0. The van der Waals surface area contributed by atoms with E-state index in [1.807, 2.05) is 90.1 Å². The van der Waals surface area contributed by atoms with Crippen molar-refractivity contribution in [3.05, 3.63) is 204 Å². The highest BCUT2D eigenvalue weighted by Gasteiger charge is 2.29. The molecule has 0 heterocycles. The first-order valence-corrected chi connectivity index (χ1v) is 31.5. The zero-order valence-corrected chi connectivity index (χ0v) is 55.0. The topological polar surface area (TPSA) is 202 Å². The van der Waals surface area contributed by atoms with Crippen molar-refractivity contribution in [2.45, 2.75) is 154 Å². The summed E-state index contributed by atoms with van der Waals surface area (Å²) in [6.07, 6.45) is 10.8. The highest BCUT2D eigenvalue weighted by Crippen LogP contribution is 2.36. The maximum atomic E-state index is 11.8. The highest BCUT2D eigenvalue weighted by molar-refractivity contribution is 9.11. The van der Waals surface area contributed by atoms with Crippen LogP contribution in [0.15, 0.2) is 137 Å². The second-order valence-electron chi connectivity index (χ2n) is 22.9. The molecule has 0 aromatic heterocycles. The van der Waals surface area contributed by atoms with Crippen LogP contribution in [0.3, 0.4) is 0 Å². The Labute approximate surface area is 524 Å². The number of Topliss-reactive ketones (excluding diaryl/α,β-unsaturated/α-hetero) is 1. The fourth-order valence-electron chi connectivity index (χ4n) is 10.7. The van der Waals surface area contributed by atoms with Gasteiger partial charge in [0, 0.05) is 52.0 Å². The van der Waals surface area contributed by atoms with Crippen LogP contribution >= 0.6 is 79.6 Å². The van der Waals surface area contributed by atoms with Crippen LogP contribution < -0.4 is 22.1 Å². The third kappa shape index (κ3) is 18.4. The summed E-state index contributed by atoms with van der Waals surface area (Å²) in [5.74, 6) is 0.285.